The van der Waals surface area contributed by atoms with Crippen molar-refractivity contribution >= 4 is 23.1 Å². The van der Waals surface area contributed by atoms with Crippen LogP contribution in [0.15, 0.2) is 41.8 Å². The first-order chi connectivity index (χ1) is 9.28. The lowest BCUT2D eigenvalue weighted by Crippen LogP contribution is -2.15. The topological polar surface area (TPSA) is 64.3 Å². The summed E-state index contributed by atoms with van der Waals surface area (Å²) < 4.78 is 5.12. The maximum absolute atomic E-state index is 11.6. The minimum absolute atomic E-state index is 0.378. The lowest BCUT2D eigenvalue weighted by Gasteiger charge is -2.07. The zero-order valence-corrected chi connectivity index (χ0v) is 11.3. The van der Waals surface area contributed by atoms with Gasteiger partial charge in [-0.1, -0.05) is 18.2 Å². The summed E-state index contributed by atoms with van der Waals surface area (Å²) >= 11 is 1.66. The fourth-order valence-electron chi connectivity index (χ4n) is 1.63. The summed E-state index contributed by atoms with van der Waals surface area (Å²) in [7, 11) is 0. The number of amides is 1. The van der Waals surface area contributed by atoms with Gasteiger partial charge in [-0.05, 0) is 29.1 Å². The zero-order valence-electron chi connectivity index (χ0n) is 10.5. The Balaban J connectivity index is 1.77. The molecule has 0 unspecified atom stereocenters. The molecule has 0 bridgehead atoms. The smallest absolute Gasteiger partial charge is 0.411 e. The summed E-state index contributed by atoms with van der Waals surface area (Å²) in [5.74, 6) is 0. The van der Waals surface area contributed by atoms with E-state index in [0.29, 0.717) is 18.8 Å². The Bertz CT molecular complexity index is 526. The molecule has 4 nitrogen and oxygen atoms in total. The number of rotatable bonds is 5. The molecule has 5 heteroatoms. The van der Waals surface area contributed by atoms with Gasteiger partial charge in [-0.15, -0.1) is 11.3 Å². The Morgan fingerprint density at radius 1 is 1.32 bits per heavy atom. The van der Waals surface area contributed by atoms with Crippen molar-refractivity contribution in [3.8, 4) is 0 Å². The van der Waals surface area contributed by atoms with E-state index in [0.717, 1.165) is 12.0 Å². The van der Waals surface area contributed by atoms with E-state index < -0.39 is 6.09 Å². The van der Waals surface area contributed by atoms with E-state index in [-0.39, 0.29) is 0 Å². The van der Waals surface area contributed by atoms with Gasteiger partial charge >= 0.3 is 6.09 Å². The molecule has 0 aliphatic rings. The minimum Gasteiger partial charge on any atom is -0.449 e. The molecule has 0 atom stereocenters. The molecular weight excluding hydrogens is 260 g/mol. The van der Waals surface area contributed by atoms with Crippen LogP contribution in [-0.2, 0) is 17.7 Å². The first-order valence-electron chi connectivity index (χ1n) is 6.03. The maximum Gasteiger partial charge on any atom is 0.411 e. The van der Waals surface area contributed by atoms with Crippen LogP contribution in [0.1, 0.15) is 10.4 Å². The Morgan fingerprint density at radius 2 is 2.21 bits per heavy atom. The molecule has 1 aromatic carbocycles. The van der Waals surface area contributed by atoms with Gasteiger partial charge in [0.25, 0.3) is 0 Å². The molecule has 100 valence electrons. The molecule has 19 heavy (non-hydrogen) atoms. The van der Waals surface area contributed by atoms with Gasteiger partial charge in [-0.2, -0.15) is 0 Å². The van der Waals surface area contributed by atoms with Gasteiger partial charge in [0.2, 0.25) is 0 Å². The van der Waals surface area contributed by atoms with Gasteiger partial charge in [0.15, 0.2) is 0 Å². The van der Waals surface area contributed by atoms with E-state index in [9.17, 15) is 4.79 Å². The third-order valence-corrected chi connectivity index (χ3v) is 3.51. The summed E-state index contributed by atoms with van der Waals surface area (Å²) in [6, 6.07) is 11.4. The van der Waals surface area contributed by atoms with Gasteiger partial charge in [-0.25, -0.2) is 4.79 Å². The Morgan fingerprint density at radius 3 is 2.95 bits per heavy atom. The first kappa shape index (κ1) is 13.6. The number of carbonyl (C=O) groups excluding carboxylic acids is 1. The SMILES string of the molecule is NCc1cccc(NC(=O)OCCc2cccs2)c1. The van der Waals surface area contributed by atoms with E-state index in [1.54, 1.807) is 17.4 Å². The van der Waals surface area contributed by atoms with Crippen molar-refractivity contribution in [1.29, 1.82) is 0 Å². The standard InChI is InChI=1S/C14H16N2O2S/c15-10-11-3-1-4-12(9-11)16-14(17)18-7-6-13-5-2-8-19-13/h1-5,8-9H,6-7,10,15H2,(H,16,17). The van der Waals surface area contributed by atoms with Gasteiger partial charge in [-0.3, -0.25) is 5.32 Å². The molecule has 1 amide bonds. The fourth-order valence-corrected chi connectivity index (χ4v) is 2.32. The number of anilines is 1. The van der Waals surface area contributed by atoms with Crippen LogP contribution in [0.2, 0.25) is 0 Å². The van der Waals surface area contributed by atoms with Crippen molar-refractivity contribution in [2.45, 2.75) is 13.0 Å². The normalized spacial score (nSPS) is 10.2. The summed E-state index contributed by atoms with van der Waals surface area (Å²) in [5, 5.41) is 4.69. The highest BCUT2D eigenvalue weighted by Crippen LogP contribution is 2.11. The van der Waals surface area contributed by atoms with Crippen LogP contribution in [0.25, 0.3) is 0 Å². The second-order valence-corrected chi connectivity index (χ2v) is 5.03. The number of thiophene rings is 1. The van der Waals surface area contributed by atoms with Crippen LogP contribution < -0.4 is 11.1 Å². The summed E-state index contributed by atoms with van der Waals surface area (Å²) in [4.78, 5) is 12.8. The molecule has 0 saturated carbocycles. The molecular formula is C14H16N2O2S. The Labute approximate surface area is 116 Å². The second kappa shape index (κ2) is 6.92. The van der Waals surface area contributed by atoms with E-state index in [2.05, 4.69) is 5.32 Å². The average Bonchev–Trinajstić information content (AvgIpc) is 2.92. The number of nitrogens with one attached hydrogen (secondary N) is 1. The molecule has 0 saturated heterocycles. The van der Waals surface area contributed by atoms with Crippen molar-refractivity contribution in [1.82, 2.24) is 0 Å². The van der Waals surface area contributed by atoms with Gasteiger partial charge in [0.05, 0.1) is 6.61 Å². The lowest BCUT2D eigenvalue weighted by atomic mass is 10.2. The second-order valence-electron chi connectivity index (χ2n) is 3.99. The predicted molar refractivity (Wildman–Crippen MR) is 77.3 cm³/mol. The van der Waals surface area contributed by atoms with Crippen LogP contribution >= 0.6 is 11.3 Å². The number of carbonyl (C=O) groups is 1. The molecule has 2 aromatic rings. The monoisotopic (exact) mass is 276 g/mol. The molecule has 0 fully saturated rings. The number of hydrogen-bond acceptors (Lipinski definition) is 4. The van der Waals surface area contributed by atoms with E-state index >= 15 is 0 Å². The molecule has 0 spiro atoms. The molecule has 1 aromatic heterocycles. The molecule has 0 aliphatic heterocycles. The van der Waals surface area contributed by atoms with Crippen molar-refractivity contribution in [2.75, 3.05) is 11.9 Å². The quantitative estimate of drug-likeness (QED) is 0.882. The summed E-state index contributed by atoms with van der Waals surface area (Å²) in [5.41, 5.74) is 7.21. The average molecular weight is 276 g/mol. The van der Waals surface area contributed by atoms with Crippen molar-refractivity contribution in [3.05, 3.63) is 52.2 Å². The van der Waals surface area contributed by atoms with Gasteiger partial charge in [0.1, 0.15) is 0 Å². The molecule has 1 heterocycles. The predicted octanol–water partition coefficient (Wildman–Crippen LogP) is 3.00. The van der Waals surface area contributed by atoms with Crippen LogP contribution in [0, 0.1) is 0 Å². The molecule has 0 aliphatic carbocycles. The summed E-state index contributed by atoms with van der Waals surface area (Å²) in [6.07, 6.45) is 0.305. The largest absolute Gasteiger partial charge is 0.449 e. The molecule has 3 N–H and O–H groups in total. The maximum atomic E-state index is 11.6. The highest BCUT2D eigenvalue weighted by atomic mass is 32.1. The van der Waals surface area contributed by atoms with Crippen LogP contribution in [0.3, 0.4) is 0 Å². The van der Waals surface area contributed by atoms with Crippen LogP contribution in [-0.4, -0.2) is 12.7 Å². The van der Waals surface area contributed by atoms with E-state index in [1.165, 1.54) is 4.88 Å². The number of benzene rings is 1. The zero-order chi connectivity index (χ0) is 13.5. The third-order valence-electron chi connectivity index (χ3n) is 2.57. The number of hydrogen-bond donors (Lipinski definition) is 2. The lowest BCUT2D eigenvalue weighted by molar-refractivity contribution is 0.163. The first-order valence-corrected chi connectivity index (χ1v) is 6.91. The highest BCUT2D eigenvalue weighted by molar-refractivity contribution is 7.09. The van der Waals surface area contributed by atoms with Crippen LogP contribution in [0.5, 0.6) is 0 Å². The van der Waals surface area contributed by atoms with Gasteiger partial charge < -0.3 is 10.5 Å². The summed E-state index contributed by atoms with van der Waals surface area (Å²) in [6.45, 7) is 0.825. The van der Waals surface area contributed by atoms with Crippen molar-refractivity contribution < 1.29 is 9.53 Å². The van der Waals surface area contributed by atoms with Crippen LogP contribution in [0.4, 0.5) is 10.5 Å². The molecule has 2 rings (SSSR count). The molecule has 0 radical (unpaired) electrons. The minimum atomic E-state index is -0.439. The highest BCUT2D eigenvalue weighted by Gasteiger charge is 2.04. The van der Waals surface area contributed by atoms with E-state index in [1.807, 2.05) is 35.7 Å². The van der Waals surface area contributed by atoms with Crippen molar-refractivity contribution in [2.24, 2.45) is 5.73 Å². The number of nitrogens with two attached hydrogens (primary N) is 1. The van der Waals surface area contributed by atoms with E-state index in [4.69, 9.17) is 10.5 Å². The number of ether oxygens (including phenoxy) is 1. The fraction of sp³-hybridized carbons (Fsp3) is 0.214. The van der Waals surface area contributed by atoms with Crippen molar-refractivity contribution in [3.63, 3.8) is 0 Å². The Hall–Kier alpha value is -1.85. The third kappa shape index (κ3) is 4.39. The van der Waals surface area contributed by atoms with Gasteiger partial charge in [0, 0.05) is 23.5 Å². The Kier molecular flexibility index (Phi) is 4.94.